The number of fused-ring (bicyclic) bond motifs is 1. The van der Waals surface area contributed by atoms with Crippen LogP contribution < -0.4 is 15.7 Å². The summed E-state index contributed by atoms with van der Waals surface area (Å²) in [7, 11) is 0. The van der Waals surface area contributed by atoms with Crippen LogP contribution in [0.5, 0.6) is 5.75 Å². The molecular weight excluding hydrogens is 420 g/mol. The first-order valence-corrected chi connectivity index (χ1v) is 10.6. The summed E-state index contributed by atoms with van der Waals surface area (Å²) >= 11 is 0. The molecule has 1 N–H and O–H groups in total. The molecular formula is C26H24N2O5. The third-order valence-electron chi connectivity index (χ3n) is 4.95. The van der Waals surface area contributed by atoms with Gasteiger partial charge in [0.2, 0.25) is 0 Å². The predicted molar refractivity (Wildman–Crippen MR) is 125 cm³/mol. The van der Waals surface area contributed by atoms with Crippen LogP contribution in [0.1, 0.15) is 54.6 Å². The van der Waals surface area contributed by atoms with E-state index in [0.717, 1.165) is 12.0 Å². The van der Waals surface area contributed by atoms with Gasteiger partial charge in [-0.05, 0) is 47.7 Å². The van der Waals surface area contributed by atoms with Gasteiger partial charge in [0, 0.05) is 18.0 Å². The minimum Gasteiger partial charge on any atom is -0.422 e. The molecule has 0 saturated carbocycles. The molecule has 168 valence electrons. The second-order valence-corrected chi connectivity index (χ2v) is 7.78. The maximum absolute atomic E-state index is 12.5. The highest BCUT2D eigenvalue weighted by Crippen LogP contribution is 2.22. The molecule has 0 atom stereocenters. The summed E-state index contributed by atoms with van der Waals surface area (Å²) in [5, 5.41) is 12.5. The van der Waals surface area contributed by atoms with Crippen LogP contribution in [-0.2, 0) is 4.79 Å². The zero-order valence-corrected chi connectivity index (χ0v) is 18.7. The fourth-order valence-electron chi connectivity index (χ4n) is 3.09. The molecule has 0 bridgehead atoms. The van der Waals surface area contributed by atoms with Gasteiger partial charge < -0.3 is 14.5 Å². The van der Waals surface area contributed by atoms with Gasteiger partial charge in [-0.15, -0.1) is 0 Å². The van der Waals surface area contributed by atoms with Crippen LogP contribution in [0.4, 0.5) is 0 Å². The van der Waals surface area contributed by atoms with Crippen molar-refractivity contribution in [2.45, 2.75) is 33.1 Å². The van der Waals surface area contributed by atoms with E-state index in [-0.39, 0.29) is 22.5 Å². The van der Waals surface area contributed by atoms with Gasteiger partial charge in [-0.2, -0.15) is 5.26 Å². The number of rotatable bonds is 7. The first kappa shape index (κ1) is 23.5. The van der Waals surface area contributed by atoms with E-state index in [1.54, 1.807) is 6.07 Å². The van der Waals surface area contributed by atoms with Gasteiger partial charge in [0.15, 0.2) is 0 Å². The van der Waals surface area contributed by atoms with Crippen molar-refractivity contribution < 1.29 is 18.7 Å². The summed E-state index contributed by atoms with van der Waals surface area (Å²) in [5.41, 5.74) is 0.949. The van der Waals surface area contributed by atoms with E-state index < -0.39 is 17.5 Å². The van der Waals surface area contributed by atoms with Crippen LogP contribution in [-0.4, -0.2) is 18.4 Å². The molecule has 0 radical (unpaired) electrons. The number of hydrogen-bond acceptors (Lipinski definition) is 6. The average molecular weight is 444 g/mol. The smallest absolute Gasteiger partial charge is 0.354 e. The lowest BCUT2D eigenvalue weighted by Crippen LogP contribution is -2.28. The Hall–Kier alpha value is -4.18. The number of carbonyl (C=O) groups excluding carboxylic acids is 2. The number of ether oxygens (including phenoxy) is 1. The summed E-state index contributed by atoms with van der Waals surface area (Å²) < 4.78 is 10.6. The van der Waals surface area contributed by atoms with Crippen LogP contribution in [0.3, 0.4) is 0 Å². The highest BCUT2D eigenvalue weighted by Gasteiger charge is 2.16. The maximum atomic E-state index is 12.5. The topological polar surface area (TPSA) is 109 Å². The number of nitrogens with one attached hydrogen (secondary N) is 1. The number of nitrogens with zero attached hydrogens (tertiary/aromatic N) is 1. The Balaban J connectivity index is 1.81. The molecule has 2 aromatic carbocycles. The van der Waals surface area contributed by atoms with Crippen molar-refractivity contribution in [3.63, 3.8) is 0 Å². The lowest BCUT2D eigenvalue weighted by atomic mass is 10.0. The summed E-state index contributed by atoms with van der Waals surface area (Å²) in [4.78, 5) is 36.8. The normalized spacial score (nSPS) is 11.3. The molecule has 0 aliphatic heterocycles. The molecule has 7 heteroatoms. The summed E-state index contributed by atoms with van der Waals surface area (Å²) in [6.07, 6.45) is 2.19. The summed E-state index contributed by atoms with van der Waals surface area (Å²) in [5.74, 6) is -0.857. The SMILES string of the molecule is CCCNC(=O)c1cc2ccc(OC(=O)/C(C#N)=C/c3ccc(C(C)C)cc3)cc2oc1=O. The van der Waals surface area contributed by atoms with Crippen molar-refractivity contribution in [3.8, 4) is 11.8 Å². The molecule has 1 amide bonds. The number of benzene rings is 2. The van der Waals surface area contributed by atoms with Gasteiger partial charge in [-0.3, -0.25) is 4.79 Å². The monoisotopic (exact) mass is 444 g/mol. The zero-order chi connectivity index (χ0) is 24.0. The van der Waals surface area contributed by atoms with Crippen molar-refractivity contribution in [2.24, 2.45) is 0 Å². The lowest BCUT2D eigenvalue weighted by Gasteiger charge is -2.07. The Morgan fingerprint density at radius 2 is 1.88 bits per heavy atom. The van der Waals surface area contributed by atoms with E-state index in [4.69, 9.17) is 9.15 Å². The standard InChI is InChI=1S/C26H24N2O5/c1-4-11-28-24(29)22-13-19-9-10-21(14-23(19)33-26(22)31)32-25(30)20(15-27)12-17-5-7-18(8-6-17)16(2)3/h5-10,12-14,16H,4,11H2,1-3H3,(H,28,29)/b20-12+. The molecule has 0 spiro atoms. The fraction of sp³-hybridized carbons (Fsp3) is 0.231. The zero-order valence-electron chi connectivity index (χ0n) is 18.7. The molecule has 7 nitrogen and oxygen atoms in total. The Morgan fingerprint density at radius 3 is 2.52 bits per heavy atom. The Bertz CT molecular complexity index is 1310. The van der Waals surface area contributed by atoms with E-state index in [1.165, 1.54) is 24.3 Å². The van der Waals surface area contributed by atoms with E-state index in [2.05, 4.69) is 19.2 Å². The first-order valence-electron chi connectivity index (χ1n) is 10.6. The highest BCUT2D eigenvalue weighted by atomic mass is 16.5. The van der Waals surface area contributed by atoms with Crippen molar-refractivity contribution in [1.82, 2.24) is 5.32 Å². The number of nitriles is 1. The molecule has 1 aromatic heterocycles. The van der Waals surface area contributed by atoms with Gasteiger partial charge in [-0.1, -0.05) is 45.0 Å². The molecule has 0 fully saturated rings. The molecule has 0 unspecified atom stereocenters. The Morgan fingerprint density at radius 1 is 1.15 bits per heavy atom. The number of esters is 1. The molecule has 1 heterocycles. The van der Waals surface area contributed by atoms with Crippen LogP contribution in [0, 0.1) is 11.3 Å². The number of hydrogen-bond donors (Lipinski definition) is 1. The van der Waals surface area contributed by atoms with Gasteiger partial charge in [0.05, 0.1) is 0 Å². The number of carbonyl (C=O) groups is 2. The highest BCUT2D eigenvalue weighted by molar-refractivity contribution is 5.99. The van der Waals surface area contributed by atoms with Gasteiger partial charge in [-0.25, -0.2) is 9.59 Å². The van der Waals surface area contributed by atoms with Crippen LogP contribution >= 0.6 is 0 Å². The fourth-order valence-corrected chi connectivity index (χ4v) is 3.09. The van der Waals surface area contributed by atoms with E-state index >= 15 is 0 Å². The molecule has 0 aliphatic carbocycles. The average Bonchev–Trinajstić information content (AvgIpc) is 2.80. The third kappa shape index (κ3) is 5.74. The van der Waals surface area contributed by atoms with Crippen molar-refractivity contribution in [3.05, 3.63) is 81.2 Å². The Kier molecular flexibility index (Phi) is 7.42. The maximum Gasteiger partial charge on any atom is 0.354 e. The summed E-state index contributed by atoms with van der Waals surface area (Å²) in [6, 6.07) is 15.3. The van der Waals surface area contributed by atoms with Gasteiger partial charge >= 0.3 is 11.6 Å². The van der Waals surface area contributed by atoms with E-state index in [9.17, 15) is 19.6 Å². The molecule has 33 heavy (non-hydrogen) atoms. The van der Waals surface area contributed by atoms with Crippen LogP contribution in [0.2, 0.25) is 0 Å². The lowest BCUT2D eigenvalue weighted by molar-refractivity contribution is -0.129. The van der Waals surface area contributed by atoms with E-state index in [1.807, 2.05) is 37.3 Å². The largest absolute Gasteiger partial charge is 0.422 e. The minimum atomic E-state index is -0.831. The second-order valence-electron chi connectivity index (χ2n) is 7.78. The first-order chi connectivity index (χ1) is 15.8. The van der Waals surface area contributed by atoms with Gasteiger partial charge in [0.25, 0.3) is 5.91 Å². The quantitative estimate of drug-likeness (QED) is 0.188. The van der Waals surface area contributed by atoms with Gasteiger partial charge in [0.1, 0.15) is 28.5 Å². The van der Waals surface area contributed by atoms with Crippen molar-refractivity contribution in [2.75, 3.05) is 6.54 Å². The molecule has 3 rings (SSSR count). The molecule has 0 saturated heterocycles. The summed E-state index contributed by atoms with van der Waals surface area (Å²) in [6.45, 7) is 6.51. The molecule has 3 aromatic rings. The van der Waals surface area contributed by atoms with Crippen molar-refractivity contribution in [1.29, 1.82) is 5.26 Å². The number of amides is 1. The van der Waals surface area contributed by atoms with Crippen LogP contribution in [0.25, 0.3) is 17.0 Å². The second kappa shape index (κ2) is 10.4. The van der Waals surface area contributed by atoms with E-state index in [0.29, 0.717) is 23.4 Å². The third-order valence-corrected chi connectivity index (χ3v) is 4.95. The minimum absolute atomic E-state index is 0.0983. The Labute approximate surface area is 191 Å². The molecule has 0 aliphatic rings. The van der Waals surface area contributed by atoms with Crippen molar-refractivity contribution >= 4 is 28.9 Å². The predicted octanol–water partition coefficient (Wildman–Crippen LogP) is 4.57. The van der Waals surface area contributed by atoms with Crippen LogP contribution in [0.15, 0.2) is 63.3 Å².